The summed E-state index contributed by atoms with van der Waals surface area (Å²) in [6, 6.07) is 2.06. The Morgan fingerprint density at radius 1 is 2.00 bits per heavy atom. The van der Waals surface area contributed by atoms with Gasteiger partial charge < -0.3 is 11.1 Å². The fraction of sp³-hybridized carbons (Fsp3) is 0.400. The van der Waals surface area contributed by atoms with Gasteiger partial charge in [0.05, 0.1) is 6.07 Å². The van der Waals surface area contributed by atoms with Crippen molar-refractivity contribution in [2.45, 2.75) is 0 Å². The van der Waals surface area contributed by atoms with Gasteiger partial charge in [-0.1, -0.05) is 0 Å². The third-order valence-electron chi connectivity index (χ3n) is 1.15. The number of nitriles is 1. The van der Waals surface area contributed by atoms with Crippen LogP contribution >= 0.6 is 0 Å². The summed E-state index contributed by atoms with van der Waals surface area (Å²) >= 11 is 0. The summed E-state index contributed by atoms with van der Waals surface area (Å²) in [7, 11) is 0. The fourth-order valence-corrected chi connectivity index (χ4v) is 0.633. The lowest BCUT2D eigenvalue weighted by Gasteiger charge is -1.94. The maximum atomic E-state index is 8.33. The van der Waals surface area contributed by atoms with Gasteiger partial charge in [0.25, 0.3) is 0 Å². The second-order valence-electron chi connectivity index (χ2n) is 1.73. The molecular weight excluding hydrogens is 102 g/mol. The molecule has 1 unspecified atom stereocenters. The molecule has 1 heterocycles. The number of nitrogens with one attached hydrogen (secondary N) is 1. The summed E-state index contributed by atoms with van der Waals surface area (Å²) in [6.45, 7) is 0.669. The zero-order valence-corrected chi connectivity index (χ0v) is 4.39. The van der Waals surface area contributed by atoms with E-state index >= 15 is 0 Å². The van der Waals surface area contributed by atoms with Crippen molar-refractivity contribution in [2.24, 2.45) is 11.7 Å². The Labute approximate surface area is 47.8 Å². The summed E-state index contributed by atoms with van der Waals surface area (Å²) in [5.41, 5.74) is 6.01. The summed E-state index contributed by atoms with van der Waals surface area (Å²) in [6.07, 6.45) is 1.67. The number of nitrogens with two attached hydrogens (primary N) is 1. The minimum Gasteiger partial charge on any atom is -0.400 e. The van der Waals surface area contributed by atoms with E-state index in [2.05, 4.69) is 11.4 Å². The van der Waals surface area contributed by atoms with Crippen LogP contribution in [0.25, 0.3) is 0 Å². The van der Waals surface area contributed by atoms with E-state index in [9.17, 15) is 0 Å². The van der Waals surface area contributed by atoms with Crippen LogP contribution in [0.2, 0.25) is 0 Å². The third kappa shape index (κ3) is 0.604. The molecule has 0 saturated heterocycles. The maximum absolute atomic E-state index is 8.33. The largest absolute Gasteiger partial charge is 0.400 e. The van der Waals surface area contributed by atoms with Crippen LogP contribution in [0.15, 0.2) is 11.9 Å². The Morgan fingerprint density at radius 3 is 3.00 bits per heavy atom. The Kier molecular flexibility index (Phi) is 1.09. The zero-order valence-electron chi connectivity index (χ0n) is 4.39. The van der Waals surface area contributed by atoms with E-state index in [0.29, 0.717) is 12.2 Å². The molecule has 0 radical (unpaired) electrons. The quantitative estimate of drug-likeness (QED) is 0.442. The van der Waals surface area contributed by atoms with Gasteiger partial charge in [-0.15, -0.1) is 0 Å². The topological polar surface area (TPSA) is 61.8 Å². The van der Waals surface area contributed by atoms with Crippen molar-refractivity contribution < 1.29 is 0 Å². The lowest BCUT2D eigenvalue weighted by atomic mass is 10.1. The SMILES string of the molecule is N#CC1CNC=C1N. The van der Waals surface area contributed by atoms with Crippen LogP contribution in [0.3, 0.4) is 0 Å². The second-order valence-corrected chi connectivity index (χ2v) is 1.73. The monoisotopic (exact) mass is 109 g/mol. The summed E-state index contributed by atoms with van der Waals surface area (Å²) < 4.78 is 0. The van der Waals surface area contributed by atoms with Gasteiger partial charge in [0.2, 0.25) is 0 Å². The predicted octanol–water partition coefficient (Wildman–Crippen LogP) is -0.471. The Morgan fingerprint density at radius 2 is 2.75 bits per heavy atom. The minimum absolute atomic E-state index is 0.102. The molecule has 0 aromatic heterocycles. The lowest BCUT2D eigenvalue weighted by Crippen LogP contribution is -2.11. The van der Waals surface area contributed by atoms with Gasteiger partial charge >= 0.3 is 0 Å². The van der Waals surface area contributed by atoms with Crippen molar-refractivity contribution in [2.75, 3.05) is 6.54 Å². The molecule has 3 nitrogen and oxygen atoms in total. The van der Waals surface area contributed by atoms with E-state index < -0.39 is 0 Å². The van der Waals surface area contributed by atoms with E-state index in [4.69, 9.17) is 11.0 Å². The Hall–Kier alpha value is -1.17. The third-order valence-corrected chi connectivity index (χ3v) is 1.15. The van der Waals surface area contributed by atoms with Gasteiger partial charge in [0.15, 0.2) is 0 Å². The number of hydrogen-bond donors (Lipinski definition) is 2. The molecular formula is C5H7N3. The first kappa shape index (κ1) is 4.98. The van der Waals surface area contributed by atoms with E-state index in [1.54, 1.807) is 6.20 Å². The minimum atomic E-state index is -0.102. The van der Waals surface area contributed by atoms with E-state index in [1.807, 2.05) is 0 Å². The smallest absolute Gasteiger partial charge is 0.104 e. The fourth-order valence-electron chi connectivity index (χ4n) is 0.633. The van der Waals surface area contributed by atoms with E-state index in [1.165, 1.54) is 0 Å². The van der Waals surface area contributed by atoms with E-state index in [0.717, 1.165) is 0 Å². The Bertz CT molecular complexity index is 154. The van der Waals surface area contributed by atoms with Crippen molar-refractivity contribution in [3.63, 3.8) is 0 Å². The number of hydrogen-bond acceptors (Lipinski definition) is 3. The highest BCUT2D eigenvalue weighted by Gasteiger charge is 2.13. The molecule has 0 aliphatic carbocycles. The molecule has 0 spiro atoms. The molecule has 1 rings (SSSR count). The average molecular weight is 109 g/mol. The molecule has 0 aromatic rings. The van der Waals surface area contributed by atoms with Crippen LogP contribution in [0.5, 0.6) is 0 Å². The second kappa shape index (κ2) is 1.74. The van der Waals surface area contributed by atoms with Gasteiger partial charge in [-0.25, -0.2) is 0 Å². The van der Waals surface area contributed by atoms with Gasteiger partial charge in [-0.05, 0) is 0 Å². The summed E-state index contributed by atoms with van der Waals surface area (Å²) in [4.78, 5) is 0. The van der Waals surface area contributed by atoms with Gasteiger partial charge in [-0.2, -0.15) is 5.26 Å². The first-order chi connectivity index (χ1) is 3.84. The Balaban J connectivity index is 2.63. The predicted molar refractivity (Wildman–Crippen MR) is 29.4 cm³/mol. The molecule has 0 amide bonds. The van der Waals surface area contributed by atoms with Crippen LogP contribution in [-0.4, -0.2) is 6.54 Å². The maximum Gasteiger partial charge on any atom is 0.104 e. The van der Waals surface area contributed by atoms with Crippen LogP contribution in [0.4, 0.5) is 0 Å². The van der Waals surface area contributed by atoms with Crippen molar-refractivity contribution in [3.8, 4) is 6.07 Å². The lowest BCUT2D eigenvalue weighted by molar-refractivity contribution is 0.770. The molecule has 1 atom stereocenters. The highest BCUT2D eigenvalue weighted by atomic mass is 14.9. The zero-order chi connectivity index (χ0) is 5.98. The van der Waals surface area contributed by atoms with Crippen molar-refractivity contribution in [1.82, 2.24) is 5.32 Å². The molecule has 0 fully saturated rings. The summed E-state index contributed by atoms with van der Waals surface area (Å²) in [5.74, 6) is -0.102. The molecule has 0 saturated carbocycles. The first-order valence-corrected chi connectivity index (χ1v) is 2.43. The van der Waals surface area contributed by atoms with Crippen LogP contribution in [0, 0.1) is 17.2 Å². The molecule has 0 aromatic carbocycles. The van der Waals surface area contributed by atoms with Crippen molar-refractivity contribution >= 4 is 0 Å². The van der Waals surface area contributed by atoms with Gasteiger partial charge in [-0.3, -0.25) is 0 Å². The molecule has 3 N–H and O–H groups in total. The van der Waals surface area contributed by atoms with E-state index in [-0.39, 0.29) is 5.92 Å². The molecule has 1 aliphatic heterocycles. The standard InChI is InChI=1S/C5H7N3/c6-1-4-2-8-3-5(4)7/h3-4,8H,2,7H2. The van der Waals surface area contributed by atoms with Crippen LogP contribution in [0.1, 0.15) is 0 Å². The normalized spacial score (nSPS) is 25.9. The highest BCUT2D eigenvalue weighted by Crippen LogP contribution is 2.06. The summed E-state index contributed by atoms with van der Waals surface area (Å²) in [5, 5.41) is 11.2. The average Bonchev–Trinajstić information content (AvgIpc) is 2.14. The molecule has 3 heteroatoms. The van der Waals surface area contributed by atoms with Gasteiger partial charge in [0, 0.05) is 18.4 Å². The number of rotatable bonds is 0. The van der Waals surface area contributed by atoms with Crippen LogP contribution in [-0.2, 0) is 0 Å². The van der Waals surface area contributed by atoms with Crippen LogP contribution < -0.4 is 11.1 Å². The molecule has 42 valence electrons. The highest BCUT2D eigenvalue weighted by molar-refractivity contribution is 5.15. The van der Waals surface area contributed by atoms with Gasteiger partial charge in [0.1, 0.15) is 5.92 Å². The molecule has 1 aliphatic rings. The number of nitrogens with zero attached hydrogens (tertiary/aromatic N) is 1. The van der Waals surface area contributed by atoms with Crippen molar-refractivity contribution in [3.05, 3.63) is 11.9 Å². The molecule has 8 heavy (non-hydrogen) atoms. The first-order valence-electron chi connectivity index (χ1n) is 2.43. The van der Waals surface area contributed by atoms with Crippen molar-refractivity contribution in [1.29, 1.82) is 5.26 Å². The molecule has 0 bridgehead atoms.